The summed E-state index contributed by atoms with van der Waals surface area (Å²) < 4.78 is 43.5. The molecule has 0 aliphatic carbocycles. The standard InChI is InChI=1S/C9H13ClF3N3O/c1-6(9(11,12)13)16-8(3-4-17-2)7(5-10)14-15-16/h6H,3-5H2,1-2H3. The second-order valence-corrected chi connectivity index (χ2v) is 3.79. The van der Waals surface area contributed by atoms with Crippen LogP contribution in [0.1, 0.15) is 24.4 Å². The Balaban J connectivity index is 3.02. The number of hydrogen-bond acceptors (Lipinski definition) is 3. The molecule has 0 spiro atoms. The van der Waals surface area contributed by atoms with Crippen LogP contribution in [-0.2, 0) is 17.0 Å². The first kappa shape index (κ1) is 14.2. The van der Waals surface area contributed by atoms with E-state index in [0.29, 0.717) is 24.4 Å². The van der Waals surface area contributed by atoms with Crippen LogP contribution in [0.4, 0.5) is 13.2 Å². The lowest BCUT2D eigenvalue weighted by atomic mass is 10.2. The molecule has 0 saturated carbocycles. The van der Waals surface area contributed by atoms with E-state index in [4.69, 9.17) is 16.3 Å². The Morgan fingerprint density at radius 3 is 2.59 bits per heavy atom. The van der Waals surface area contributed by atoms with E-state index in [0.717, 1.165) is 11.6 Å². The first-order chi connectivity index (χ1) is 7.91. The van der Waals surface area contributed by atoms with Crippen molar-refractivity contribution in [2.45, 2.75) is 31.4 Å². The summed E-state index contributed by atoms with van der Waals surface area (Å²) in [4.78, 5) is 0. The monoisotopic (exact) mass is 271 g/mol. The van der Waals surface area contributed by atoms with Gasteiger partial charge in [-0.1, -0.05) is 5.21 Å². The smallest absolute Gasteiger partial charge is 0.384 e. The van der Waals surface area contributed by atoms with Gasteiger partial charge in [0, 0.05) is 13.5 Å². The number of aromatic nitrogens is 3. The van der Waals surface area contributed by atoms with Gasteiger partial charge in [-0.3, -0.25) is 0 Å². The minimum absolute atomic E-state index is 0.0314. The molecule has 98 valence electrons. The molecule has 0 radical (unpaired) electrons. The van der Waals surface area contributed by atoms with Crippen molar-refractivity contribution < 1.29 is 17.9 Å². The van der Waals surface area contributed by atoms with Gasteiger partial charge in [-0.25, -0.2) is 4.68 Å². The van der Waals surface area contributed by atoms with Crippen molar-refractivity contribution in [3.63, 3.8) is 0 Å². The van der Waals surface area contributed by atoms with Gasteiger partial charge in [-0.05, 0) is 6.92 Å². The summed E-state index contributed by atoms with van der Waals surface area (Å²) >= 11 is 5.61. The maximum atomic E-state index is 12.6. The van der Waals surface area contributed by atoms with E-state index in [-0.39, 0.29) is 5.88 Å². The fourth-order valence-corrected chi connectivity index (χ4v) is 1.57. The second kappa shape index (κ2) is 5.68. The summed E-state index contributed by atoms with van der Waals surface area (Å²) in [5.74, 6) is 0.0314. The molecule has 1 heterocycles. The molecule has 0 aliphatic heterocycles. The molecular formula is C9H13ClF3N3O. The van der Waals surface area contributed by atoms with Crippen LogP contribution >= 0.6 is 11.6 Å². The van der Waals surface area contributed by atoms with Gasteiger partial charge in [-0.15, -0.1) is 16.7 Å². The van der Waals surface area contributed by atoms with Crippen LogP contribution in [0.5, 0.6) is 0 Å². The van der Waals surface area contributed by atoms with E-state index in [1.165, 1.54) is 7.11 Å². The van der Waals surface area contributed by atoms with Gasteiger partial charge < -0.3 is 4.74 Å². The van der Waals surface area contributed by atoms with Crippen molar-refractivity contribution in [1.82, 2.24) is 15.0 Å². The highest BCUT2D eigenvalue weighted by molar-refractivity contribution is 6.16. The fourth-order valence-electron chi connectivity index (χ4n) is 1.36. The summed E-state index contributed by atoms with van der Waals surface area (Å²) in [6, 6.07) is -1.72. The molecule has 0 aliphatic rings. The van der Waals surface area contributed by atoms with E-state index in [9.17, 15) is 13.2 Å². The molecule has 1 rings (SSSR count). The van der Waals surface area contributed by atoms with E-state index in [1.54, 1.807) is 0 Å². The first-order valence-electron chi connectivity index (χ1n) is 4.96. The van der Waals surface area contributed by atoms with E-state index in [2.05, 4.69) is 10.3 Å². The van der Waals surface area contributed by atoms with Gasteiger partial charge in [0.25, 0.3) is 0 Å². The van der Waals surface area contributed by atoms with Crippen LogP contribution in [0.15, 0.2) is 0 Å². The summed E-state index contributed by atoms with van der Waals surface area (Å²) in [7, 11) is 1.47. The van der Waals surface area contributed by atoms with E-state index in [1.807, 2.05) is 0 Å². The second-order valence-electron chi connectivity index (χ2n) is 3.52. The SMILES string of the molecule is COCCc1c(CCl)nnn1C(C)C(F)(F)F. The van der Waals surface area contributed by atoms with Crippen LogP contribution in [0, 0.1) is 0 Å². The molecule has 0 bridgehead atoms. The Labute approximate surface area is 102 Å². The van der Waals surface area contributed by atoms with Crippen molar-refractivity contribution in [3.8, 4) is 0 Å². The third-order valence-corrected chi connectivity index (χ3v) is 2.63. The molecule has 0 saturated heterocycles. The van der Waals surface area contributed by atoms with Crippen molar-refractivity contribution in [1.29, 1.82) is 0 Å². The van der Waals surface area contributed by atoms with Crippen LogP contribution < -0.4 is 0 Å². The fraction of sp³-hybridized carbons (Fsp3) is 0.778. The van der Waals surface area contributed by atoms with E-state index < -0.39 is 12.2 Å². The highest BCUT2D eigenvalue weighted by Gasteiger charge is 2.39. The molecule has 1 unspecified atom stereocenters. The molecule has 1 aromatic rings. The summed E-state index contributed by atoms with van der Waals surface area (Å²) in [6.07, 6.45) is -4.06. The average molecular weight is 272 g/mol. The Bertz CT molecular complexity index is 367. The van der Waals surface area contributed by atoms with Crippen LogP contribution in [-0.4, -0.2) is 34.9 Å². The predicted octanol–water partition coefficient (Wildman–Crippen LogP) is 2.33. The van der Waals surface area contributed by atoms with Gasteiger partial charge in [0.15, 0.2) is 0 Å². The van der Waals surface area contributed by atoms with Crippen molar-refractivity contribution in [3.05, 3.63) is 11.4 Å². The minimum atomic E-state index is -4.36. The summed E-state index contributed by atoms with van der Waals surface area (Å²) in [5, 5.41) is 7.16. The average Bonchev–Trinajstić information content (AvgIpc) is 2.66. The van der Waals surface area contributed by atoms with Gasteiger partial charge in [0.1, 0.15) is 11.7 Å². The summed E-state index contributed by atoms with van der Waals surface area (Å²) in [6.45, 7) is 1.32. The number of nitrogens with zero attached hydrogens (tertiary/aromatic N) is 3. The highest BCUT2D eigenvalue weighted by atomic mass is 35.5. The van der Waals surface area contributed by atoms with Crippen molar-refractivity contribution in [2.24, 2.45) is 0 Å². The minimum Gasteiger partial charge on any atom is -0.384 e. The topological polar surface area (TPSA) is 39.9 Å². The normalized spacial score (nSPS) is 14.0. The van der Waals surface area contributed by atoms with Crippen molar-refractivity contribution >= 4 is 11.6 Å². The van der Waals surface area contributed by atoms with Crippen LogP contribution in [0.2, 0.25) is 0 Å². The predicted molar refractivity (Wildman–Crippen MR) is 55.9 cm³/mol. The van der Waals surface area contributed by atoms with Crippen LogP contribution in [0.25, 0.3) is 0 Å². The lowest BCUT2D eigenvalue weighted by Crippen LogP contribution is -2.26. The highest BCUT2D eigenvalue weighted by Crippen LogP contribution is 2.31. The number of alkyl halides is 4. The zero-order valence-corrected chi connectivity index (χ0v) is 10.2. The third-order valence-electron chi connectivity index (χ3n) is 2.38. The molecule has 17 heavy (non-hydrogen) atoms. The largest absolute Gasteiger partial charge is 0.410 e. The lowest BCUT2D eigenvalue weighted by Gasteiger charge is -2.18. The Morgan fingerprint density at radius 2 is 2.12 bits per heavy atom. The van der Waals surface area contributed by atoms with Crippen LogP contribution in [0.3, 0.4) is 0 Å². The molecular weight excluding hydrogens is 259 g/mol. The Kier molecular flexibility index (Phi) is 4.76. The Morgan fingerprint density at radius 1 is 1.47 bits per heavy atom. The molecule has 1 aromatic heterocycles. The number of rotatable bonds is 5. The molecule has 8 heteroatoms. The Hall–Kier alpha value is -0.820. The number of methoxy groups -OCH3 is 1. The zero-order chi connectivity index (χ0) is 13.1. The molecule has 0 aromatic carbocycles. The third kappa shape index (κ3) is 3.32. The number of hydrogen-bond donors (Lipinski definition) is 0. The van der Waals surface area contributed by atoms with Gasteiger partial charge in [-0.2, -0.15) is 13.2 Å². The lowest BCUT2D eigenvalue weighted by molar-refractivity contribution is -0.166. The zero-order valence-electron chi connectivity index (χ0n) is 9.46. The maximum Gasteiger partial charge on any atom is 0.410 e. The quantitative estimate of drug-likeness (QED) is 0.772. The van der Waals surface area contributed by atoms with Gasteiger partial charge >= 0.3 is 6.18 Å². The number of halogens is 4. The first-order valence-corrected chi connectivity index (χ1v) is 5.49. The molecule has 0 amide bonds. The van der Waals surface area contributed by atoms with Crippen molar-refractivity contribution in [2.75, 3.05) is 13.7 Å². The maximum absolute atomic E-state index is 12.6. The van der Waals surface area contributed by atoms with Gasteiger partial charge in [0.2, 0.25) is 0 Å². The van der Waals surface area contributed by atoms with E-state index >= 15 is 0 Å². The number of ether oxygens (including phenoxy) is 1. The summed E-state index contributed by atoms with van der Waals surface area (Å²) in [5.41, 5.74) is 0.728. The molecule has 4 nitrogen and oxygen atoms in total. The molecule has 0 N–H and O–H groups in total. The van der Waals surface area contributed by atoms with Gasteiger partial charge in [0.05, 0.1) is 18.2 Å². The molecule has 1 atom stereocenters. The molecule has 0 fully saturated rings.